The maximum atomic E-state index is 12.7. The van der Waals surface area contributed by atoms with Gasteiger partial charge >= 0.3 is 4.83 Å². The molecule has 0 saturated heterocycles. The highest BCUT2D eigenvalue weighted by atomic mass is 79.9. The number of hydrogen-bond acceptors (Lipinski definition) is 3. The third kappa shape index (κ3) is 2.73. The van der Waals surface area contributed by atoms with Gasteiger partial charge in [-0.2, -0.15) is 14.0 Å². The van der Waals surface area contributed by atoms with Gasteiger partial charge in [0.1, 0.15) is 11.6 Å². The number of pyridine rings is 1. The van der Waals surface area contributed by atoms with E-state index in [4.69, 9.17) is 10.4 Å². The van der Waals surface area contributed by atoms with E-state index in [0.29, 0.717) is 0 Å². The number of hydrogen-bond donors (Lipinski definition) is 1. The van der Waals surface area contributed by atoms with Crippen LogP contribution in [-0.2, 0) is 0 Å². The summed E-state index contributed by atoms with van der Waals surface area (Å²) in [5.41, 5.74) is -0.561. The summed E-state index contributed by atoms with van der Waals surface area (Å²) in [4.78, 5) is 0.0606. The summed E-state index contributed by atoms with van der Waals surface area (Å²) >= 11 is 1.96. The Balaban J connectivity index is 3.28. The quantitative estimate of drug-likeness (QED) is 0.513. The molecule has 15 heavy (non-hydrogen) atoms. The first kappa shape index (κ1) is 11.6. The van der Waals surface area contributed by atoms with Crippen LogP contribution < -0.4 is 0 Å². The number of aromatic nitrogens is 1. The van der Waals surface area contributed by atoms with Crippen molar-refractivity contribution in [1.29, 1.82) is 5.26 Å². The number of aliphatic hydroxyl groups excluding tert-OH is 1. The number of halogens is 3. The van der Waals surface area contributed by atoms with Crippen LogP contribution in [0.15, 0.2) is 30.2 Å². The van der Waals surface area contributed by atoms with Crippen LogP contribution in [0.3, 0.4) is 0 Å². The number of allylic oxidation sites excluding steroid dienone is 2. The molecule has 0 aliphatic heterocycles. The van der Waals surface area contributed by atoms with E-state index >= 15 is 0 Å². The zero-order valence-electron chi connectivity index (χ0n) is 7.28. The summed E-state index contributed by atoms with van der Waals surface area (Å²) in [5.74, 6) is -1.34. The molecule has 0 spiro atoms. The first-order chi connectivity index (χ1) is 6.96. The van der Waals surface area contributed by atoms with Gasteiger partial charge in [0, 0.05) is 6.20 Å². The van der Waals surface area contributed by atoms with Crippen molar-refractivity contribution in [3.05, 3.63) is 35.8 Å². The number of aliphatic hydroxyl groups is 1. The first-order valence-electron chi connectivity index (χ1n) is 3.78. The minimum Gasteiger partial charge on any atom is -0.505 e. The lowest BCUT2D eigenvalue weighted by atomic mass is 10.1. The molecule has 0 saturated carbocycles. The largest absolute Gasteiger partial charge is 0.505 e. The van der Waals surface area contributed by atoms with Gasteiger partial charge in [0.15, 0.2) is 5.76 Å². The monoisotopic (exact) mass is 274 g/mol. The maximum Gasteiger partial charge on any atom is 0.358 e. The van der Waals surface area contributed by atoms with Gasteiger partial charge in [0.2, 0.25) is 0 Å². The van der Waals surface area contributed by atoms with Gasteiger partial charge in [0.25, 0.3) is 0 Å². The van der Waals surface area contributed by atoms with Crippen molar-refractivity contribution in [3.63, 3.8) is 0 Å². The first-order valence-corrected chi connectivity index (χ1v) is 4.58. The SMILES string of the molecule is N#CC(=C(O)C(F)(F)Br)c1ccccn1. The Labute approximate surface area is 92.8 Å². The number of alkyl halides is 3. The molecule has 1 N–H and O–H groups in total. The molecular formula is C9H5BrF2N2O. The molecule has 0 amide bonds. The summed E-state index contributed by atoms with van der Waals surface area (Å²) in [6.45, 7) is 0. The van der Waals surface area contributed by atoms with E-state index in [-0.39, 0.29) is 5.69 Å². The number of nitriles is 1. The molecule has 0 unspecified atom stereocenters. The second-order valence-electron chi connectivity index (χ2n) is 2.55. The maximum absolute atomic E-state index is 12.7. The van der Waals surface area contributed by atoms with Gasteiger partial charge in [-0.05, 0) is 28.1 Å². The molecule has 0 fully saturated rings. The zero-order chi connectivity index (χ0) is 11.5. The van der Waals surface area contributed by atoms with Crippen molar-refractivity contribution in [2.75, 3.05) is 0 Å². The second-order valence-corrected chi connectivity index (χ2v) is 3.54. The predicted molar refractivity (Wildman–Crippen MR) is 53.3 cm³/mol. The van der Waals surface area contributed by atoms with Gasteiger partial charge in [-0.25, -0.2) is 0 Å². The van der Waals surface area contributed by atoms with Crippen LogP contribution in [0, 0.1) is 11.3 Å². The van der Waals surface area contributed by atoms with Crippen LogP contribution >= 0.6 is 15.9 Å². The minimum absolute atomic E-state index is 0.00312. The van der Waals surface area contributed by atoms with Gasteiger partial charge < -0.3 is 5.11 Å². The Morgan fingerprint density at radius 2 is 2.20 bits per heavy atom. The Morgan fingerprint density at radius 1 is 1.53 bits per heavy atom. The zero-order valence-corrected chi connectivity index (χ0v) is 8.87. The third-order valence-electron chi connectivity index (χ3n) is 1.54. The van der Waals surface area contributed by atoms with Crippen LogP contribution in [0.1, 0.15) is 5.69 Å². The summed E-state index contributed by atoms with van der Waals surface area (Å²) < 4.78 is 25.3. The van der Waals surface area contributed by atoms with Crippen LogP contribution in [0.2, 0.25) is 0 Å². The Kier molecular flexibility index (Phi) is 3.37. The molecule has 1 aromatic rings. The highest BCUT2D eigenvalue weighted by Crippen LogP contribution is 2.33. The Morgan fingerprint density at radius 3 is 2.60 bits per heavy atom. The average Bonchev–Trinajstić information content (AvgIpc) is 2.19. The number of nitrogens with zero attached hydrogens (tertiary/aromatic N) is 2. The Hall–Kier alpha value is -1.48. The number of rotatable bonds is 2. The normalized spacial score (nSPS) is 12.9. The van der Waals surface area contributed by atoms with E-state index in [1.54, 1.807) is 6.07 Å². The van der Waals surface area contributed by atoms with Gasteiger partial charge in [-0.1, -0.05) is 6.07 Å². The standard InChI is InChI=1S/C9H5BrF2N2O/c10-9(11,12)8(15)6(5-13)7-3-1-2-4-14-7/h1-4,15H. The summed E-state index contributed by atoms with van der Waals surface area (Å²) in [7, 11) is 0. The van der Waals surface area contributed by atoms with Gasteiger partial charge in [-0.3, -0.25) is 4.98 Å². The molecule has 0 radical (unpaired) electrons. The molecule has 6 heteroatoms. The molecule has 0 aliphatic carbocycles. The van der Waals surface area contributed by atoms with E-state index in [9.17, 15) is 8.78 Å². The van der Waals surface area contributed by atoms with E-state index in [0.717, 1.165) is 0 Å². The van der Waals surface area contributed by atoms with Crippen LogP contribution in [0.5, 0.6) is 0 Å². The predicted octanol–water partition coefficient (Wildman–Crippen LogP) is 2.86. The molecular weight excluding hydrogens is 270 g/mol. The van der Waals surface area contributed by atoms with Crippen molar-refractivity contribution in [1.82, 2.24) is 4.98 Å². The van der Waals surface area contributed by atoms with Crippen LogP contribution in [0.25, 0.3) is 5.57 Å². The molecule has 78 valence electrons. The van der Waals surface area contributed by atoms with E-state index in [2.05, 4.69) is 4.98 Å². The molecule has 3 nitrogen and oxygen atoms in total. The highest BCUT2D eigenvalue weighted by molar-refractivity contribution is 9.10. The fourth-order valence-electron chi connectivity index (χ4n) is 0.884. The summed E-state index contributed by atoms with van der Waals surface area (Å²) in [6, 6.07) is 5.93. The van der Waals surface area contributed by atoms with Crippen molar-refractivity contribution < 1.29 is 13.9 Å². The third-order valence-corrected chi connectivity index (χ3v) is 1.91. The summed E-state index contributed by atoms with van der Waals surface area (Å²) in [6.07, 6.45) is 1.34. The van der Waals surface area contributed by atoms with E-state index in [1.165, 1.54) is 24.4 Å². The van der Waals surface area contributed by atoms with E-state index in [1.807, 2.05) is 15.9 Å². The summed E-state index contributed by atoms with van der Waals surface area (Å²) in [5, 5.41) is 17.8. The fourth-order valence-corrected chi connectivity index (χ4v) is 1.08. The Bertz CT molecular complexity index is 420. The molecule has 0 bridgehead atoms. The lowest BCUT2D eigenvalue weighted by Crippen LogP contribution is -2.11. The van der Waals surface area contributed by atoms with Crippen molar-refractivity contribution >= 4 is 21.5 Å². The van der Waals surface area contributed by atoms with Crippen molar-refractivity contribution in [2.45, 2.75) is 4.83 Å². The lowest BCUT2D eigenvalue weighted by molar-refractivity contribution is 0.102. The molecule has 1 heterocycles. The molecule has 0 aromatic carbocycles. The van der Waals surface area contributed by atoms with Gasteiger partial charge in [-0.15, -0.1) is 0 Å². The average molecular weight is 275 g/mol. The topological polar surface area (TPSA) is 56.9 Å². The van der Waals surface area contributed by atoms with Gasteiger partial charge in [0.05, 0.1) is 5.69 Å². The van der Waals surface area contributed by atoms with Crippen LogP contribution in [-0.4, -0.2) is 14.9 Å². The van der Waals surface area contributed by atoms with Crippen molar-refractivity contribution in [2.24, 2.45) is 0 Å². The van der Waals surface area contributed by atoms with Crippen LogP contribution in [0.4, 0.5) is 8.78 Å². The molecule has 0 atom stereocenters. The molecule has 1 rings (SSSR count). The highest BCUT2D eigenvalue weighted by Gasteiger charge is 2.34. The minimum atomic E-state index is -3.63. The smallest absolute Gasteiger partial charge is 0.358 e. The van der Waals surface area contributed by atoms with Crippen molar-refractivity contribution in [3.8, 4) is 6.07 Å². The molecule has 1 aromatic heterocycles. The molecule has 0 aliphatic rings. The second kappa shape index (κ2) is 4.36. The van der Waals surface area contributed by atoms with E-state index < -0.39 is 16.2 Å². The fraction of sp³-hybridized carbons (Fsp3) is 0.111. The lowest BCUT2D eigenvalue weighted by Gasteiger charge is -2.08.